The van der Waals surface area contributed by atoms with Gasteiger partial charge in [-0.2, -0.15) is 0 Å². The largest absolute Gasteiger partial charge is 0.466 e. The fourth-order valence-corrected chi connectivity index (χ4v) is 6.34. The molecule has 0 aromatic rings. The summed E-state index contributed by atoms with van der Waals surface area (Å²) in [4.78, 5) is 12.0. The van der Waals surface area contributed by atoms with Crippen LogP contribution >= 0.6 is 0 Å². The predicted octanol–water partition coefficient (Wildman–Crippen LogP) is 15.7. The zero-order valence-electron chi connectivity index (χ0n) is 32.4. The zero-order valence-corrected chi connectivity index (χ0v) is 32.4. The summed E-state index contributed by atoms with van der Waals surface area (Å²) in [6.45, 7) is 7.47. The van der Waals surface area contributed by atoms with E-state index in [9.17, 15) is 4.79 Å². The van der Waals surface area contributed by atoms with Crippen LogP contribution in [-0.2, 0) is 9.53 Å². The Labute approximate surface area is 296 Å². The molecule has 0 unspecified atom stereocenters. The second-order valence-electron chi connectivity index (χ2n) is 14.8. The molecular weight excluding hydrogens is 572 g/mol. The van der Waals surface area contributed by atoms with Crippen molar-refractivity contribution in [2.45, 2.75) is 233 Å². The third kappa shape index (κ3) is 42.7. The molecule has 0 saturated carbocycles. The Hall–Kier alpha value is -1.31. The maximum absolute atomic E-state index is 12.0. The normalized spacial score (nSPS) is 12.1. The summed E-state index contributed by atoms with van der Waals surface area (Å²) in [5, 5.41) is 0. The second-order valence-corrected chi connectivity index (χ2v) is 14.8. The van der Waals surface area contributed by atoms with Gasteiger partial charge in [0.25, 0.3) is 0 Å². The van der Waals surface area contributed by atoms with E-state index in [2.05, 4.69) is 57.2 Å². The number of hydrogen-bond acceptors (Lipinski definition) is 2. The summed E-state index contributed by atoms with van der Waals surface area (Å²) in [5.41, 5.74) is 0. The highest BCUT2D eigenvalue weighted by Gasteiger charge is 2.03. The summed E-state index contributed by atoms with van der Waals surface area (Å²) in [6, 6.07) is 0. The van der Waals surface area contributed by atoms with Crippen molar-refractivity contribution in [2.75, 3.05) is 6.61 Å². The van der Waals surface area contributed by atoms with Gasteiger partial charge in [0, 0.05) is 6.42 Å². The van der Waals surface area contributed by atoms with E-state index in [1.54, 1.807) is 0 Å². The first-order valence-corrected chi connectivity index (χ1v) is 21.3. The lowest BCUT2D eigenvalue weighted by Crippen LogP contribution is -2.05. The van der Waals surface area contributed by atoms with Crippen LogP contribution in [0.4, 0.5) is 0 Å². The van der Waals surface area contributed by atoms with Crippen LogP contribution in [0.3, 0.4) is 0 Å². The van der Waals surface area contributed by atoms with Crippen molar-refractivity contribution in [2.24, 2.45) is 5.92 Å². The van der Waals surface area contributed by atoms with Gasteiger partial charge in [-0.25, -0.2) is 0 Å². The molecule has 0 spiro atoms. The Balaban J connectivity index is 3.20. The third-order valence-electron chi connectivity index (χ3n) is 9.47. The van der Waals surface area contributed by atoms with Gasteiger partial charge in [0.05, 0.1) is 6.61 Å². The number of hydrogen-bond donors (Lipinski definition) is 0. The van der Waals surface area contributed by atoms with E-state index in [0.29, 0.717) is 13.0 Å². The Morgan fingerprint density at radius 1 is 0.447 bits per heavy atom. The van der Waals surface area contributed by atoms with Crippen molar-refractivity contribution in [1.82, 2.24) is 0 Å². The summed E-state index contributed by atoms with van der Waals surface area (Å²) in [7, 11) is 0. The number of carbonyl (C=O) groups is 1. The molecule has 0 bridgehead atoms. The maximum Gasteiger partial charge on any atom is 0.305 e. The van der Waals surface area contributed by atoms with Gasteiger partial charge in [-0.05, 0) is 50.9 Å². The predicted molar refractivity (Wildman–Crippen MR) is 211 cm³/mol. The lowest BCUT2D eigenvalue weighted by molar-refractivity contribution is -0.143. The van der Waals surface area contributed by atoms with E-state index < -0.39 is 0 Å². The van der Waals surface area contributed by atoms with Crippen molar-refractivity contribution in [1.29, 1.82) is 0 Å². The lowest BCUT2D eigenvalue weighted by Gasteiger charge is -2.06. The minimum atomic E-state index is 0.00930. The Bertz CT molecular complexity index is 688. The van der Waals surface area contributed by atoms with Crippen LogP contribution in [0.15, 0.2) is 36.5 Å². The SMILES string of the molecule is CC/C=C\C/C=C\C/C=C\CCCCCCCC(=O)OCCCCCCCCCCCCCCCCCCCCCCCCC(C)C. The quantitative estimate of drug-likeness (QED) is 0.0375. The van der Waals surface area contributed by atoms with Gasteiger partial charge in [-0.15, -0.1) is 0 Å². The molecule has 0 aromatic carbocycles. The summed E-state index contributed by atoms with van der Waals surface area (Å²) in [5.74, 6) is 0.893. The van der Waals surface area contributed by atoms with Gasteiger partial charge in [0.1, 0.15) is 0 Å². The first kappa shape index (κ1) is 45.7. The van der Waals surface area contributed by atoms with Crippen LogP contribution in [-0.4, -0.2) is 12.6 Å². The number of carbonyl (C=O) groups excluding carboxylic acids is 1. The molecule has 0 heterocycles. The van der Waals surface area contributed by atoms with E-state index in [1.807, 2.05) is 0 Å². The van der Waals surface area contributed by atoms with E-state index >= 15 is 0 Å². The molecule has 276 valence electrons. The average Bonchev–Trinajstić information content (AvgIpc) is 3.06. The van der Waals surface area contributed by atoms with Gasteiger partial charge < -0.3 is 4.74 Å². The Morgan fingerprint density at radius 2 is 0.809 bits per heavy atom. The summed E-state index contributed by atoms with van der Waals surface area (Å²) < 4.78 is 5.46. The van der Waals surface area contributed by atoms with Crippen molar-refractivity contribution in [3.8, 4) is 0 Å². The lowest BCUT2D eigenvalue weighted by atomic mass is 10.0. The minimum absolute atomic E-state index is 0.00930. The molecule has 2 nitrogen and oxygen atoms in total. The molecule has 0 atom stereocenters. The van der Waals surface area contributed by atoms with Crippen LogP contribution in [0.2, 0.25) is 0 Å². The molecular formula is C45H84O2. The first-order valence-electron chi connectivity index (χ1n) is 21.3. The molecule has 0 N–H and O–H groups in total. The van der Waals surface area contributed by atoms with Gasteiger partial charge in [-0.1, -0.05) is 218 Å². The molecule has 0 aliphatic heterocycles. The molecule has 0 amide bonds. The number of unbranched alkanes of at least 4 members (excludes halogenated alkanes) is 26. The van der Waals surface area contributed by atoms with E-state index in [0.717, 1.165) is 44.4 Å². The Kier molecular flexibility index (Phi) is 39.7. The average molecular weight is 657 g/mol. The number of allylic oxidation sites excluding steroid dienone is 6. The van der Waals surface area contributed by atoms with Crippen LogP contribution in [0.1, 0.15) is 233 Å². The van der Waals surface area contributed by atoms with Crippen LogP contribution in [0.5, 0.6) is 0 Å². The van der Waals surface area contributed by atoms with Crippen molar-refractivity contribution >= 4 is 5.97 Å². The first-order chi connectivity index (χ1) is 23.2. The molecule has 0 rings (SSSR count). The molecule has 0 saturated heterocycles. The molecule has 2 heteroatoms. The topological polar surface area (TPSA) is 26.3 Å². The zero-order chi connectivity index (χ0) is 34.1. The van der Waals surface area contributed by atoms with Gasteiger partial charge in [0.2, 0.25) is 0 Å². The number of esters is 1. The highest BCUT2D eigenvalue weighted by Crippen LogP contribution is 2.16. The standard InChI is InChI=1S/C45H84O2/c1-4-5-6-7-8-9-10-11-20-24-27-30-33-36-39-42-45(46)47-43-40-37-34-31-28-25-22-19-17-15-13-12-14-16-18-21-23-26-29-32-35-38-41-44(2)3/h5-6,8-9,11,20,44H,4,7,10,12-19,21-43H2,1-3H3/b6-5-,9-8-,20-11-. The highest BCUT2D eigenvalue weighted by molar-refractivity contribution is 5.69. The molecule has 0 radical (unpaired) electrons. The van der Waals surface area contributed by atoms with Crippen molar-refractivity contribution in [3.05, 3.63) is 36.5 Å². The number of rotatable bonds is 38. The molecule has 0 aliphatic carbocycles. The molecule has 47 heavy (non-hydrogen) atoms. The van der Waals surface area contributed by atoms with Gasteiger partial charge >= 0.3 is 5.97 Å². The van der Waals surface area contributed by atoms with Crippen molar-refractivity contribution in [3.63, 3.8) is 0 Å². The van der Waals surface area contributed by atoms with E-state index in [-0.39, 0.29) is 5.97 Å². The highest BCUT2D eigenvalue weighted by atomic mass is 16.5. The fourth-order valence-electron chi connectivity index (χ4n) is 6.34. The van der Waals surface area contributed by atoms with E-state index in [4.69, 9.17) is 4.74 Å². The summed E-state index contributed by atoms with van der Waals surface area (Å²) in [6.07, 6.45) is 56.7. The minimum Gasteiger partial charge on any atom is -0.466 e. The smallest absolute Gasteiger partial charge is 0.305 e. The van der Waals surface area contributed by atoms with Crippen LogP contribution in [0.25, 0.3) is 0 Å². The second kappa shape index (κ2) is 40.9. The van der Waals surface area contributed by atoms with Crippen molar-refractivity contribution < 1.29 is 9.53 Å². The maximum atomic E-state index is 12.0. The third-order valence-corrected chi connectivity index (χ3v) is 9.47. The van der Waals surface area contributed by atoms with Crippen LogP contribution in [0, 0.1) is 5.92 Å². The Morgan fingerprint density at radius 3 is 1.26 bits per heavy atom. The number of ether oxygens (including phenoxy) is 1. The van der Waals surface area contributed by atoms with Gasteiger partial charge in [-0.3, -0.25) is 4.79 Å². The fraction of sp³-hybridized carbons (Fsp3) is 0.844. The molecule has 0 fully saturated rings. The monoisotopic (exact) mass is 657 g/mol. The van der Waals surface area contributed by atoms with E-state index in [1.165, 1.54) is 167 Å². The summed E-state index contributed by atoms with van der Waals surface area (Å²) >= 11 is 0. The van der Waals surface area contributed by atoms with Crippen LogP contribution < -0.4 is 0 Å². The van der Waals surface area contributed by atoms with Gasteiger partial charge in [0.15, 0.2) is 0 Å². The molecule has 0 aromatic heterocycles. The molecule has 0 aliphatic rings.